The van der Waals surface area contributed by atoms with Gasteiger partial charge < -0.3 is 10.6 Å². The molecule has 0 radical (unpaired) electrons. The van der Waals surface area contributed by atoms with Gasteiger partial charge in [0.15, 0.2) is 15.8 Å². The van der Waals surface area contributed by atoms with E-state index in [1.54, 1.807) is 0 Å². The van der Waals surface area contributed by atoms with Gasteiger partial charge >= 0.3 is 0 Å². The largest absolute Gasteiger partial charge is 0.357 e. The summed E-state index contributed by atoms with van der Waals surface area (Å²) >= 11 is 0. The summed E-state index contributed by atoms with van der Waals surface area (Å²) in [5, 5.41) is 6.52. The topological polar surface area (TPSA) is 70.6 Å². The number of hydrogen-bond donors (Lipinski definition) is 2. The van der Waals surface area contributed by atoms with Crippen LogP contribution in [0.2, 0.25) is 0 Å². The van der Waals surface area contributed by atoms with Gasteiger partial charge in [0.1, 0.15) is 0 Å². The van der Waals surface area contributed by atoms with Crippen LogP contribution in [0.15, 0.2) is 4.99 Å². The molecule has 1 aliphatic heterocycles. The first-order valence-corrected chi connectivity index (χ1v) is 10.1. The second kappa shape index (κ2) is 9.30. The van der Waals surface area contributed by atoms with Gasteiger partial charge in [-0.15, -0.1) is 24.0 Å². The molecule has 0 aromatic heterocycles. The van der Waals surface area contributed by atoms with Crippen molar-refractivity contribution in [2.75, 3.05) is 24.6 Å². The van der Waals surface area contributed by atoms with Crippen molar-refractivity contribution in [1.29, 1.82) is 0 Å². The summed E-state index contributed by atoms with van der Waals surface area (Å²) in [4.78, 5) is 4.70. The lowest BCUT2D eigenvalue weighted by molar-refractivity contribution is 0.263. The molecule has 1 saturated carbocycles. The van der Waals surface area contributed by atoms with Gasteiger partial charge in [0.25, 0.3) is 0 Å². The van der Waals surface area contributed by atoms with Gasteiger partial charge in [-0.25, -0.2) is 8.42 Å². The molecule has 1 saturated heterocycles. The molecular weight excluding hydrogens is 413 g/mol. The first kappa shape index (κ1) is 20.0. The van der Waals surface area contributed by atoms with Crippen LogP contribution in [0.3, 0.4) is 0 Å². The number of nitrogens with one attached hydrogen (secondary N) is 2. The standard InChI is InChI=1S/C15H29N3O2S.HI/c1-3-16-15(18-14-8-9-21(19,20)11-14)17-10-13-7-5-4-6-12(13)2;/h12-14H,3-11H2,1-2H3,(H2,16,17,18);1H. The van der Waals surface area contributed by atoms with Crippen LogP contribution in [0.1, 0.15) is 46.0 Å². The Bertz CT molecular complexity index is 467. The van der Waals surface area contributed by atoms with Crippen molar-refractivity contribution >= 4 is 39.8 Å². The van der Waals surface area contributed by atoms with Gasteiger partial charge in [0, 0.05) is 19.1 Å². The summed E-state index contributed by atoms with van der Waals surface area (Å²) < 4.78 is 23.1. The Morgan fingerprint density at radius 2 is 1.95 bits per heavy atom. The summed E-state index contributed by atoms with van der Waals surface area (Å²) in [5.74, 6) is 2.72. The van der Waals surface area contributed by atoms with Crippen molar-refractivity contribution in [3.8, 4) is 0 Å². The number of guanidine groups is 1. The third-order valence-corrected chi connectivity index (χ3v) is 6.46. The molecule has 3 atom stereocenters. The molecule has 0 bridgehead atoms. The van der Waals surface area contributed by atoms with Gasteiger partial charge in [-0.1, -0.05) is 26.2 Å². The molecule has 2 fully saturated rings. The van der Waals surface area contributed by atoms with Crippen LogP contribution in [0, 0.1) is 11.8 Å². The van der Waals surface area contributed by atoms with Crippen molar-refractivity contribution in [2.24, 2.45) is 16.8 Å². The molecular formula is C15H30IN3O2S. The average molecular weight is 443 g/mol. The number of nitrogens with zero attached hydrogens (tertiary/aromatic N) is 1. The van der Waals surface area contributed by atoms with Crippen LogP contribution >= 0.6 is 24.0 Å². The van der Waals surface area contributed by atoms with Crippen LogP contribution in [0.5, 0.6) is 0 Å². The highest BCUT2D eigenvalue weighted by molar-refractivity contribution is 14.0. The molecule has 2 N–H and O–H groups in total. The first-order valence-electron chi connectivity index (χ1n) is 8.25. The van der Waals surface area contributed by atoms with Gasteiger partial charge in [-0.2, -0.15) is 0 Å². The zero-order valence-corrected chi connectivity index (χ0v) is 16.8. The lowest BCUT2D eigenvalue weighted by Gasteiger charge is -2.27. The third-order valence-electron chi connectivity index (χ3n) is 4.69. The number of sulfone groups is 1. The zero-order valence-electron chi connectivity index (χ0n) is 13.7. The normalized spacial score (nSPS) is 31.4. The Labute approximate surface area is 152 Å². The fourth-order valence-corrected chi connectivity index (χ4v) is 4.97. The summed E-state index contributed by atoms with van der Waals surface area (Å²) in [6.07, 6.45) is 5.93. The summed E-state index contributed by atoms with van der Waals surface area (Å²) in [6, 6.07) is 0.0107. The Kier molecular flexibility index (Phi) is 8.45. The molecule has 3 unspecified atom stereocenters. The van der Waals surface area contributed by atoms with E-state index in [0.717, 1.165) is 25.0 Å². The Morgan fingerprint density at radius 3 is 2.55 bits per heavy atom. The van der Waals surface area contributed by atoms with Crippen molar-refractivity contribution in [1.82, 2.24) is 10.6 Å². The van der Waals surface area contributed by atoms with Crippen LogP contribution in [-0.2, 0) is 9.84 Å². The highest BCUT2D eigenvalue weighted by Crippen LogP contribution is 2.29. The highest BCUT2D eigenvalue weighted by Gasteiger charge is 2.28. The molecule has 22 heavy (non-hydrogen) atoms. The lowest BCUT2D eigenvalue weighted by Crippen LogP contribution is -2.44. The maximum atomic E-state index is 11.5. The Morgan fingerprint density at radius 1 is 1.23 bits per heavy atom. The van der Waals surface area contributed by atoms with Gasteiger partial charge in [-0.3, -0.25) is 4.99 Å². The van der Waals surface area contributed by atoms with E-state index < -0.39 is 9.84 Å². The molecule has 2 rings (SSSR count). The number of hydrogen-bond acceptors (Lipinski definition) is 3. The molecule has 0 amide bonds. The monoisotopic (exact) mass is 443 g/mol. The fraction of sp³-hybridized carbons (Fsp3) is 0.933. The van der Waals surface area contributed by atoms with E-state index in [9.17, 15) is 8.42 Å². The molecule has 130 valence electrons. The van der Waals surface area contributed by atoms with Crippen LogP contribution in [0.25, 0.3) is 0 Å². The van der Waals surface area contributed by atoms with Crippen molar-refractivity contribution in [2.45, 2.75) is 52.0 Å². The van der Waals surface area contributed by atoms with Crippen molar-refractivity contribution < 1.29 is 8.42 Å². The van der Waals surface area contributed by atoms with Crippen LogP contribution in [0.4, 0.5) is 0 Å². The van der Waals surface area contributed by atoms with E-state index >= 15 is 0 Å². The van der Waals surface area contributed by atoms with E-state index in [1.165, 1.54) is 25.7 Å². The Balaban J connectivity index is 0.00000242. The summed E-state index contributed by atoms with van der Waals surface area (Å²) in [6.45, 7) is 6.00. The van der Waals surface area contributed by atoms with Crippen molar-refractivity contribution in [3.63, 3.8) is 0 Å². The van der Waals surface area contributed by atoms with Crippen molar-refractivity contribution in [3.05, 3.63) is 0 Å². The molecule has 1 aliphatic carbocycles. The SMILES string of the molecule is CCNC(=NCC1CCCCC1C)NC1CCS(=O)(=O)C1.I. The molecule has 0 aromatic carbocycles. The van der Waals surface area contributed by atoms with Crippen LogP contribution < -0.4 is 10.6 Å². The summed E-state index contributed by atoms with van der Waals surface area (Å²) in [5.41, 5.74) is 0. The smallest absolute Gasteiger partial charge is 0.191 e. The minimum Gasteiger partial charge on any atom is -0.357 e. The molecule has 2 aliphatic rings. The second-order valence-corrected chi connectivity index (χ2v) is 8.71. The predicted octanol–water partition coefficient (Wildman–Crippen LogP) is 2.17. The van der Waals surface area contributed by atoms with E-state index in [0.29, 0.717) is 18.1 Å². The molecule has 7 heteroatoms. The maximum Gasteiger partial charge on any atom is 0.191 e. The molecule has 0 aromatic rings. The van der Waals surface area contributed by atoms with Gasteiger partial charge in [0.05, 0.1) is 11.5 Å². The average Bonchev–Trinajstić information content (AvgIpc) is 2.77. The number of aliphatic imine (C=N–C) groups is 1. The quantitative estimate of drug-likeness (QED) is 0.397. The van der Waals surface area contributed by atoms with E-state index in [2.05, 4.69) is 17.6 Å². The highest BCUT2D eigenvalue weighted by atomic mass is 127. The molecule has 0 spiro atoms. The van der Waals surface area contributed by atoms with E-state index in [1.807, 2.05) is 6.92 Å². The molecule has 5 nitrogen and oxygen atoms in total. The number of halogens is 1. The van der Waals surface area contributed by atoms with Crippen LogP contribution in [-0.4, -0.2) is 45.0 Å². The van der Waals surface area contributed by atoms with Gasteiger partial charge in [-0.05, 0) is 31.6 Å². The first-order chi connectivity index (χ1) is 10.00. The second-order valence-electron chi connectivity index (χ2n) is 6.49. The minimum absolute atomic E-state index is 0. The predicted molar refractivity (Wildman–Crippen MR) is 103 cm³/mol. The lowest BCUT2D eigenvalue weighted by atomic mass is 9.80. The Hall–Kier alpha value is -0.0500. The minimum atomic E-state index is -2.85. The van der Waals surface area contributed by atoms with E-state index in [-0.39, 0.29) is 35.8 Å². The third kappa shape index (κ3) is 6.22. The van der Waals surface area contributed by atoms with Gasteiger partial charge in [0.2, 0.25) is 0 Å². The summed E-state index contributed by atoms with van der Waals surface area (Å²) in [7, 11) is -2.85. The number of rotatable bonds is 4. The fourth-order valence-electron chi connectivity index (χ4n) is 3.30. The molecule has 1 heterocycles. The maximum absolute atomic E-state index is 11.5. The zero-order chi connectivity index (χ0) is 15.3. The van der Waals surface area contributed by atoms with E-state index in [4.69, 9.17) is 4.99 Å².